The third kappa shape index (κ3) is 3.09. The molecule has 4 nitrogen and oxygen atoms in total. The van der Waals surface area contributed by atoms with E-state index < -0.39 is 0 Å². The van der Waals surface area contributed by atoms with Crippen LogP contribution in [0.25, 0.3) is 0 Å². The normalized spacial score (nSPS) is 20.4. The molecule has 1 aromatic heterocycles. The number of ether oxygens (including phenoxy) is 1. The zero-order valence-electron chi connectivity index (χ0n) is 10.6. The molecule has 2 rings (SSSR count). The first-order chi connectivity index (χ1) is 8.33. The van der Waals surface area contributed by atoms with Gasteiger partial charge in [-0.1, -0.05) is 6.07 Å². The van der Waals surface area contributed by atoms with Crippen LogP contribution in [0.1, 0.15) is 19.8 Å². The summed E-state index contributed by atoms with van der Waals surface area (Å²) in [5.74, 6) is 2.00. The van der Waals surface area contributed by atoms with Crippen molar-refractivity contribution in [1.82, 2.24) is 4.98 Å². The average molecular weight is 235 g/mol. The van der Waals surface area contributed by atoms with Gasteiger partial charge in [-0.2, -0.15) is 0 Å². The van der Waals surface area contributed by atoms with E-state index in [1.54, 1.807) is 7.11 Å². The van der Waals surface area contributed by atoms with Gasteiger partial charge < -0.3 is 15.0 Å². The van der Waals surface area contributed by atoms with Crippen LogP contribution in [-0.4, -0.2) is 37.8 Å². The smallest absolute Gasteiger partial charge is 0.131 e. The molecule has 1 N–H and O–H groups in total. The van der Waals surface area contributed by atoms with Gasteiger partial charge in [0.25, 0.3) is 0 Å². The van der Waals surface area contributed by atoms with E-state index in [2.05, 4.69) is 34.3 Å². The standard InChI is InChI=1S/C13H21N3O/c1-3-14-12-7-4-8-13(15-12)16-9-5-6-11(10-16)17-2/h4,7-8,11H,3,5-6,9-10H2,1-2H3,(H,14,15). The van der Waals surface area contributed by atoms with E-state index in [0.717, 1.165) is 37.7 Å². The average Bonchev–Trinajstić information content (AvgIpc) is 2.40. The number of anilines is 2. The molecule has 1 atom stereocenters. The Labute approximate surface area is 103 Å². The number of hydrogen-bond acceptors (Lipinski definition) is 4. The second-order valence-corrected chi connectivity index (χ2v) is 4.36. The molecule has 0 bridgehead atoms. The van der Waals surface area contributed by atoms with Crippen molar-refractivity contribution < 1.29 is 4.74 Å². The lowest BCUT2D eigenvalue weighted by Gasteiger charge is -2.32. The van der Waals surface area contributed by atoms with E-state index in [-0.39, 0.29) is 0 Å². The lowest BCUT2D eigenvalue weighted by molar-refractivity contribution is 0.0891. The Kier molecular flexibility index (Phi) is 4.20. The highest BCUT2D eigenvalue weighted by Gasteiger charge is 2.20. The first kappa shape index (κ1) is 12.2. The van der Waals surface area contributed by atoms with Crippen LogP contribution in [0.15, 0.2) is 18.2 Å². The van der Waals surface area contributed by atoms with Crippen LogP contribution >= 0.6 is 0 Å². The first-order valence-electron chi connectivity index (χ1n) is 6.32. The van der Waals surface area contributed by atoms with E-state index in [1.165, 1.54) is 6.42 Å². The predicted octanol–water partition coefficient (Wildman–Crippen LogP) is 2.13. The Hall–Kier alpha value is -1.29. The van der Waals surface area contributed by atoms with Crippen molar-refractivity contribution in [1.29, 1.82) is 0 Å². The molecular weight excluding hydrogens is 214 g/mol. The van der Waals surface area contributed by atoms with Gasteiger partial charge in [-0.25, -0.2) is 4.98 Å². The van der Waals surface area contributed by atoms with Crippen molar-refractivity contribution in [3.63, 3.8) is 0 Å². The SMILES string of the molecule is CCNc1cccc(N2CCCC(OC)C2)n1. The third-order valence-electron chi connectivity index (χ3n) is 3.13. The summed E-state index contributed by atoms with van der Waals surface area (Å²) in [5, 5.41) is 3.24. The quantitative estimate of drug-likeness (QED) is 0.867. The largest absolute Gasteiger partial charge is 0.380 e. The minimum Gasteiger partial charge on any atom is -0.380 e. The van der Waals surface area contributed by atoms with Gasteiger partial charge in [-0.05, 0) is 31.9 Å². The minimum atomic E-state index is 0.341. The molecule has 0 amide bonds. The molecule has 0 saturated carbocycles. The lowest BCUT2D eigenvalue weighted by atomic mass is 10.1. The molecule has 0 aromatic carbocycles. The minimum absolute atomic E-state index is 0.341. The molecule has 1 unspecified atom stereocenters. The summed E-state index contributed by atoms with van der Waals surface area (Å²) in [4.78, 5) is 6.92. The van der Waals surface area contributed by atoms with Gasteiger partial charge in [0.1, 0.15) is 11.6 Å². The molecule has 1 saturated heterocycles. The van der Waals surface area contributed by atoms with Crippen molar-refractivity contribution >= 4 is 11.6 Å². The predicted molar refractivity (Wildman–Crippen MR) is 70.6 cm³/mol. The fraction of sp³-hybridized carbons (Fsp3) is 0.615. The van der Waals surface area contributed by atoms with E-state index in [9.17, 15) is 0 Å². The van der Waals surface area contributed by atoms with Gasteiger partial charge >= 0.3 is 0 Å². The van der Waals surface area contributed by atoms with Crippen LogP contribution in [0.2, 0.25) is 0 Å². The molecule has 1 fully saturated rings. The molecular formula is C13H21N3O. The summed E-state index contributed by atoms with van der Waals surface area (Å²) >= 11 is 0. The fourth-order valence-corrected chi connectivity index (χ4v) is 2.22. The van der Waals surface area contributed by atoms with Gasteiger partial charge in [0.15, 0.2) is 0 Å². The molecule has 2 heterocycles. The van der Waals surface area contributed by atoms with Crippen LogP contribution in [-0.2, 0) is 4.74 Å². The lowest BCUT2D eigenvalue weighted by Crippen LogP contribution is -2.39. The number of methoxy groups -OCH3 is 1. The summed E-state index contributed by atoms with van der Waals surface area (Å²) in [7, 11) is 1.79. The number of hydrogen-bond donors (Lipinski definition) is 1. The van der Waals surface area contributed by atoms with Crippen molar-refractivity contribution in [3.05, 3.63) is 18.2 Å². The first-order valence-corrected chi connectivity index (χ1v) is 6.32. The van der Waals surface area contributed by atoms with Gasteiger partial charge in [-0.3, -0.25) is 0 Å². The Morgan fingerprint density at radius 3 is 3.18 bits per heavy atom. The molecule has 94 valence electrons. The van der Waals surface area contributed by atoms with Gasteiger partial charge in [-0.15, -0.1) is 0 Å². The highest BCUT2D eigenvalue weighted by atomic mass is 16.5. The van der Waals surface area contributed by atoms with E-state index in [0.29, 0.717) is 6.10 Å². The molecule has 1 aromatic rings. The molecule has 1 aliphatic rings. The summed E-state index contributed by atoms with van der Waals surface area (Å²) in [6, 6.07) is 6.13. The second kappa shape index (κ2) is 5.87. The number of rotatable bonds is 4. The Morgan fingerprint density at radius 1 is 1.53 bits per heavy atom. The number of pyridine rings is 1. The van der Waals surface area contributed by atoms with Crippen LogP contribution in [0.4, 0.5) is 11.6 Å². The van der Waals surface area contributed by atoms with Crippen molar-refractivity contribution in [3.8, 4) is 0 Å². The molecule has 17 heavy (non-hydrogen) atoms. The molecule has 0 radical (unpaired) electrons. The fourth-order valence-electron chi connectivity index (χ4n) is 2.22. The van der Waals surface area contributed by atoms with E-state index in [4.69, 9.17) is 4.74 Å². The van der Waals surface area contributed by atoms with Crippen molar-refractivity contribution in [2.45, 2.75) is 25.9 Å². The zero-order chi connectivity index (χ0) is 12.1. The summed E-state index contributed by atoms with van der Waals surface area (Å²) < 4.78 is 5.44. The Balaban J connectivity index is 2.07. The van der Waals surface area contributed by atoms with Crippen LogP contribution in [0.3, 0.4) is 0 Å². The monoisotopic (exact) mass is 235 g/mol. The Morgan fingerprint density at radius 2 is 2.41 bits per heavy atom. The maximum absolute atomic E-state index is 5.44. The zero-order valence-corrected chi connectivity index (χ0v) is 10.6. The van der Waals surface area contributed by atoms with E-state index in [1.807, 2.05) is 6.07 Å². The van der Waals surface area contributed by atoms with Gasteiger partial charge in [0.05, 0.1) is 6.10 Å². The summed E-state index contributed by atoms with van der Waals surface area (Å²) in [6.45, 7) is 4.99. The molecule has 0 spiro atoms. The highest BCUT2D eigenvalue weighted by Crippen LogP contribution is 2.20. The molecule has 4 heteroatoms. The van der Waals surface area contributed by atoms with Crippen molar-refractivity contribution in [2.24, 2.45) is 0 Å². The van der Waals surface area contributed by atoms with Gasteiger partial charge in [0, 0.05) is 26.7 Å². The van der Waals surface area contributed by atoms with E-state index >= 15 is 0 Å². The second-order valence-electron chi connectivity index (χ2n) is 4.36. The molecule has 0 aliphatic carbocycles. The number of piperidine rings is 1. The third-order valence-corrected chi connectivity index (χ3v) is 3.13. The highest BCUT2D eigenvalue weighted by molar-refractivity contribution is 5.47. The topological polar surface area (TPSA) is 37.4 Å². The summed E-state index contributed by atoms with van der Waals surface area (Å²) in [6.07, 6.45) is 2.67. The van der Waals surface area contributed by atoms with Crippen molar-refractivity contribution in [2.75, 3.05) is 37.0 Å². The van der Waals surface area contributed by atoms with Gasteiger partial charge in [0.2, 0.25) is 0 Å². The number of nitrogens with one attached hydrogen (secondary N) is 1. The van der Waals surface area contributed by atoms with Crippen LogP contribution < -0.4 is 10.2 Å². The van der Waals surface area contributed by atoms with Crippen LogP contribution in [0, 0.1) is 0 Å². The van der Waals surface area contributed by atoms with Crippen LogP contribution in [0.5, 0.6) is 0 Å². The number of aromatic nitrogens is 1. The summed E-state index contributed by atoms with van der Waals surface area (Å²) in [5.41, 5.74) is 0. The number of nitrogens with zero attached hydrogens (tertiary/aromatic N) is 2. The maximum Gasteiger partial charge on any atom is 0.131 e. The molecule has 1 aliphatic heterocycles. The Bertz CT molecular complexity index is 356. The maximum atomic E-state index is 5.44.